The first-order valence-electron chi connectivity index (χ1n) is 16.1. The van der Waals surface area contributed by atoms with Crippen LogP contribution >= 0.6 is 0 Å². The lowest BCUT2D eigenvalue weighted by atomic mass is 10.1. The number of carbonyl (C=O) groups is 1. The molecular formula is C36H43FN6O5. The molecule has 3 aromatic carbocycles. The van der Waals surface area contributed by atoms with Crippen LogP contribution in [0.2, 0.25) is 0 Å². The summed E-state index contributed by atoms with van der Waals surface area (Å²) in [5, 5.41) is 3.03. The topological polar surface area (TPSA) is 102 Å². The molecule has 0 atom stereocenters. The molecule has 4 aromatic rings. The Balaban J connectivity index is 1.32. The van der Waals surface area contributed by atoms with Gasteiger partial charge in [0.25, 0.3) is 0 Å². The molecule has 1 aliphatic rings. The van der Waals surface area contributed by atoms with Gasteiger partial charge in [0.1, 0.15) is 29.7 Å². The minimum absolute atomic E-state index is 0.139. The van der Waals surface area contributed by atoms with Crippen molar-refractivity contribution in [2.75, 3.05) is 70.3 Å². The van der Waals surface area contributed by atoms with E-state index >= 15 is 4.39 Å². The molecule has 11 nitrogen and oxygen atoms in total. The van der Waals surface area contributed by atoms with Gasteiger partial charge < -0.3 is 29.2 Å². The molecule has 2 heterocycles. The number of methoxy groups -OCH3 is 2. The van der Waals surface area contributed by atoms with Crippen LogP contribution in [0.4, 0.5) is 32.3 Å². The first kappa shape index (κ1) is 34.4. The highest BCUT2D eigenvalue weighted by molar-refractivity contribution is 5.98. The Hall–Kier alpha value is -4.94. The molecule has 1 N–H and O–H groups in total. The van der Waals surface area contributed by atoms with Crippen LogP contribution in [0.15, 0.2) is 66.9 Å². The third-order valence-electron chi connectivity index (χ3n) is 8.14. The Morgan fingerprint density at radius 3 is 2.31 bits per heavy atom. The molecule has 1 amide bonds. The third kappa shape index (κ3) is 8.50. The number of piperazine rings is 1. The van der Waals surface area contributed by atoms with Crippen LogP contribution in [0.1, 0.15) is 24.5 Å². The highest BCUT2D eigenvalue weighted by atomic mass is 19.1. The average Bonchev–Trinajstić information content (AvgIpc) is 3.09. The molecule has 12 heteroatoms. The number of hydrogen-bond donors (Lipinski definition) is 1. The average molecular weight is 659 g/mol. The smallest absolute Gasteiger partial charge is 0.425 e. The number of anilines is 4. The zero-order valence-corrected chi connectivity index (χ0v) is 28.2. The molecule has 1 aliphatic heterocycles. The zero-order valence-electron chi connectivity index (χ0n) is 28.2. The summed E-state index contributed by atoms with van der Waals surface area (Å²) < 4.78 is 37.8. The summed E-state index contributed by atoms with van der Waals surface area (Å²) in [7, 11) is 3.04. The molecule has 1 fully saturated rings. The number of nitrogens with zero attached hydrogens (tertiary/aromatic N) is 5. The molecule has 0 spiro atoms. The van der Waals surface area contributed by atoms with Gasteiger partial charge >= 0.3 is 6.09 Å². The zero-order chi connectivity index (χ0) is 34.0. The van der Waals surface area contributed by atoms with Crippen molar-refractivity contribution in [2.45, 2.75) is 27.2 Å². The van der Waals surface area contributed by atoms with Gasteiger partial charge in [0, 0.05) is 62.8 Å². The molecule has 0 radical (unpaired) electrons. The second-order valence-corrected chi connectivity index (χ2v) is 11.5. The van der Waals surface area contributed by atoms with Crippen LogP contribution in [0, 0.1) is 19.7 Å². The number of halogens is 1. The molecule has 0 bridgehead atoms. The van der Waals surface area contributed by atoms with Crippen LogP contribution in [0.5, 0.6) is 23.0 Å². The van der Waals surface area contributed by atoms with Gasteiger partial charge in [-0.05, 0) is 62.2 Å². The van der Waals surface area contributed by atoms with Gasteiger partial charge in [-0.2, -0.15) is 4.98 Å². The Bertz CT molecular complexity index is 1680. The number of carbonyl (C=O) groups excluding carboxylic acids is 1. The van der Waals surface area contributed by atoms with Gasteiger partial charge in [0.15, 0.2) is 11.6 Å². The fourth-order valence-corrected chi connectivity index (χ4v) is 5.57. The molecule has 48 heavy (non-hydrogen) atoms. The van der Waals surface area contributed by atoms with Gasteiger partial charge in [-0.3, -0.25) is 4.90 Å². The summed E-state index contributed by atoms with van der Waals surface area (Å²) in [4.78, 5) is 28.9. The minimum Gasteiger partial charge on any atom is -0.497 e. The number of aromatic nitrogens is 2. The molecular weight excluding hydrogens is 615 g/mol. The van der Waals surface area contributed by atoms with Crippen molar-refractivity contribution >= 4 is 29.2 Å². The molecule has 1 aromatic heterocycles. The van der Waals surface area contributed by atoms with E-state index in [1.54, 1.807) is 43.5 Å². The number of rotatable bonds is 13. The number of hydrogen-bond acceptors (Lipinski definition) is 10. The molecule has 254 valence electrons. The number of ether oxygens (including phenoxy) is 4. The quantitative estimate of drug-likeness (QED) is 0.166. The summed E-state index contributed by atoms with van der Waals surface area (Å²) >= 11 is 0. The van der Waals surface area contributed by atoms with E-state index < -0.39 is 11.9 Å². The van der Waals surface area contributed by atoms with Crippen molar-refractivity contribution in [3.8, 4) is 23.0 Å². The fourth-order valence-electron chi connectivity index (χ4n) is 5.57. The van der Waals surface area contributed by atoms with Crippen molar-refractivity contribution < 1.29 is 28.1 Å². The lowest BCUT2D eigenvalue weighted by molar-refractivity contribution is 0.116. The van der Waals surface area contributed by atoms with Gasteiger partial charge in [-0.25, -0.2) is 19.1 Å². The van der Waals surface area contributed by atoms with Gasteiger partial charge in [-0.15, -0.1) is 0 Å². The Morgan fingerprint density at radius 1 is 0.917 bits per heavy atom. The summed E-state index contributed by atoms with van der Waals surface area (Å²) in [6.07, 6.45) is 1.94. The number of para-hydroxylation sites is 1. The predicted molar refractivity (Wildman–Crippen MR) is 184 cm³/mol. The molecule has 0 saturated carbocycles. The first-order valence-corrected chi connectivity index (χ1v) is 16.1. The van der Waals surface area contributed by atoms with Crippen molar-refractivity contribution in [1.29, 1.82) is 0 Å². The molecule has 0 unspecified atom stereocenters. The second kappa shape index (κ2) is 16.2. The summed E-state index contributed by atoms with van der Waals surface area (Å²) in [6, 6.07) is 16.8. The van der Waals surface area contributed by atoms with Crippen LogP contribution in [-0.2, 0) is 0 Å². The number of benzene rings is 3. The molecule has 0 aliphatic carbocycles. The van der Waals surface area contributed by atoms with Crippen LogP contribution in [0.3, 0.4) is 0 Å². The Kier molecular flexibility index (Phi) is 11.6. The number of amides is 1. The van der Waals surface area contributed by atoms with E-state index in [4.69, 9.17) is 18.9 Å². The van der Waals surface area contributed by atoms with E-state index in [1.165, 1.54) is 24.3 Å². The van der Waals surface area contributed by atoms with Crippen molar-refractivity contribution in [3.05, 3.63) is 83.8 Å². The molecule has 1 saturated heterocycles. The largest absolute Gasteiger partial charge is 0.497 e. The van der Waals surface area contributed by atoms with Gasteiger partial charge in [0.05, 0.1) is 19.9 Å². The standard InChI is InChI=1S/C36H43FN6O5/c1-6-16-41-17-19-42(20-18-41)21-22-47-31-13-10-27(23-29(31)37)39-35-38-15-14-33(40-35)43(30-12-11-28(45-4)24-32(30)46-5)36(44)48-34-25(2)8-7-9-26(34)3/h7-15,23-24H,6,16-22H2,1-5H3,(H,38,39,40). The third-order valence-corrected chi connectivity index (χ3v) is 8.14. The second-order valence-electron chi connectivity index (χ2n) is 11.5. The first-order chi connectivity index (χ1) is 23.3. The van der Waals surface area contributed by atoms with Gasteiger partial charge in [0.2, 0.25) is 5.95 Å². The Labute approximate surface area is 281 Å². The fraction of sp³-hybridized carbons (Fsp3) is 0.361. The predicted octanol–water partition coefficient (Wildman–Crippen LogP) is 6.74. The summed E-state index contributed by atoms with van der Waals surface area (Å²) in [5.41, 5.74) is 2.38. The lowest BCUT2D eigenvalue weighted by Crippen LogP contribution is -2.47. The molecule has 5 rings (SSSR count). The van der Waals surface area contributed by atoms with E-state index in [0.717, 1.165) is 56.8 Å². The van der Waals surface area contributed by atoms with Crippen molar-refractivity contribution in [1.82, 2.24) is 19.8 Å². The highest BCUT2D eigenvalue weighted by Gasteiger charge is 2.27. The van der Waals surface area contributed by atoms with E-state index in [2.05, 4.69) is 32.0 Å². The number of nitrogens with one attached hydrogen (secondary N) is 1. The summed E-state index contributed by atoms with van der Waals surface area (Å²) in [6.45, 7) is 12.3. The Morgan fingerprint density at radius 2 is 1.65 bits per heavy atom. The van der Waals surface area contributed by atoms with E-state index in [-0.39, 0.29) is 17.5 Å². The van der Waals surface area contributed by atoms with E-state index in [1.807, 2.05) is 32.0 Å². The maximum atomic E-state index is 15.1. The highest BCUT2D eigenvalue weighted by Crippen LogP contribution is 2.37. The normalized spacial score (nSPS) is 13.5. The maximum absolute atomic E-state index is 15.1. The summed E-state index contributed by atoms with van der Waals surface area (Å²) in [5.74, 6) is 1.35. The monoisotopic (exact) mass is 658 g/mol. The van der Waals surface area contributed by atoms with Crippen LogP contribution in [0.25, 0.3) is 0 Å². The number of aryl methyl sites for hydroxylation is 2. The van der Waals surface area contributed by atoms with E-state index in [9.17, 15) is 4.79 Å². The van der Waals surface area contributed by atoms with Crippen LogP contribution < -0.4 is 29.2 Å². The van der Waals surface area contributed by atoms with Crippen LogP contribution in [-0.4, -0.2) is 86.0 Å². The SMILES string of the molecule is CCCN1CCN(CCOc2ccc(Nc3nccc(N(C(=O)Oc4c(C)cccc4C)c4ccc(OC)cc4OC)n3)cc2F)CC1. The van der Waals surface area contributed by atoms with E-state index in [0.29, 0.717) is 35.2 Å². The lowest BCUT2D eigenvalue weighted by Gasteiger charge is -2.34. The van der Waals surface area contributed by atoms with Crippen molar-refractivity contribution in [3.63, 3.8) is 0 Å². The minimum atomic E-state index is -0.712. The van der Waals surface area contributed by atoms with Gasteiger partial charge in [-0.1, -0.05) is 25.1 Å². The van der Waals surface area contributed by atoms with Crippen molar-refractivity contribution in [2.24, 2.45) is 0 Å². The maximum Gasteiger partial charge on any atom is 0.425 e.